The molecule has 0 heterocycles. The molecule has 0 spiro atoms. The molecule has 0 aliphatic heterocycles. The number of hydrogen-bond acceptors (Lipinski definition) is 7. The summed E-state index contributed by atoms with van der Waals surface area (Å²) in [5.74, 6) is -0.581. The summed E-state index contributed by atoms with van der Waals surface area (Å²) in [6, 6.07) is 7.87. The van der Waals surface area contributed by atoms with Crippen LogP contribution < -0.4 is 14.8 Å². The maximum absolute atomic E-state index is 12.3. The number of carbonyl (C=O) groups excluding carboxylic acids is 2. The highest BCUT2D eigenvalue weighted by molar-refractivity contribution is 5.97. The smallest absolute Gasteiger partial charge is 0.344 e. The third kappa shape index (κ3) is 5.69. The lowest BCUT2D eigenvalue weighted by Crippen LogP contribution is -2.32. The van der Waals surface area contributed by atoms with Gasteiger partial charge in [0.15, 0.2) is 12.7 Å². The molecule has 160 valence electrons. The second-order valence-electron chi connectivity index (χ2n) is 6.78. The van der Waals surface area contributed by atoms with Gasteiger partial charge in [-0.05, 0) is 51.0 Å². The van der Waals surface area contributed by atoms with Gasteiger partial charge in [-0.3, -0.25) is 14.9 Å². The molecule has 0 aliphatic rings. The van der Waals surface area contributed by atoms with Gasteiger partial charge in [-0.15, -0.1) is 0 Å². The molecule has 9 heteroatoms. The van der Waals surface area contributed by atoms with Crippen molar-refractivity contribution in [3.05, 3.63) is 57.1 Å². The number of methoxy groups -OCH3 is 1. The van der Waals surface area contributed by atoms with E-state index in [-0.39, 0.29) is 23.7 Å². The Bertz CT molecular complexity index is 949. The Hall–Kier alpha value is -3.62. The summed E-state index contributed by atoms with van der Waals surface area (Å²) >= 11 is 0. The summed E-state index contributed by atoms with van der Waals surface area (Å²) in [6.45, 7) is 6.71. The number of amides is 1. The average molecular weight is 416 g/mol. The molecule has 0 saturated carbocycles. The molecule has 1 atom stereocenters. The molecule has 1 amide bonds. The summed E-state index contributed by atoms with van der Waals surface area (Å²) in [5, 5.41) is 13.6. The summed E-state index contributed by atoms with van der Waals surface area (Å²) in [5.41, 5.74) is 2.49. The van der Waals surface area contributed by atoms with E-state index in [9.17, 15) is 19.7 Å². The van der Waals surface area contributed by atoms with Crippen LogP contribution in [-0.2, 0) is 14.3 Å². The number of nitro groups is 1. The van der Waals surface area contributed by atoms with Crippen LogP contribution in [0.1, 0.15) is 23.6 Å². The molecule has 0 aromatic heterocycles. The molecule has 0 saturated heterocycles. The van der Waals surface area contributed by atoms with Crippen LogP contribution in [0.4, 0.5) is 11.4 Å². The van der Waals surface area contributed by atoms with Gasteiger partial charge in [0, 0.05) is 0 Å². The number of aryl methyl sites for hydroxylation is 3. The zero-order valence-corrected chi connectivity index (χ0v) is 17.5. The number of rotatable bonds is 8. The van der Waals surface area contributed by atoms with Crippen LogP contribution in [0.2, 0.25) is 0 Å². The molecular weight excluding hydrogens is 392 g/mol. The third-order valence-electron chi connectivity index (χ3n) is 4.28. The number of ether oxygens (including phenoxy) is 3. The molecule has 2 aromatic rings. The minimum Gasteiger partial charge on any atom is -0.496 e. The van der Waals surface area contributed by atoms with Gasteiger partial charge in [-0.25, -0.2) is 4.79 Å². The number of esters is 1. The molecule has 0 fully saturated rings. The van der Waals surface area contributed by atoms with Crippen LogP contribution in [0.15, 0.2) is 30.3 Å². The molecule has 0 bridgehead atoms. The monoisotopic (exact) mass is 416 g/mol. The summed E-state index contributed by atoms with van der Waals surface area (Å²) in [7, 11) is 1.38. The number of nitro benzene ring substituents is 1. The maximum atomic E-state index is 12.3. The van der Waals surface area contributed by atoms with Crippen LogP contribution in [0.3, 0.4) is 0 Å². The number of nitrogens with one attached hydrogen (secondary N) is 1. The standard InChI is InChI=1S/C21H24N2O7/c1-12-8-13(2)20(14(3)9-12)29-11-19(24)30-15(4)21(25)22-17-7-6-16(28-5)10-18(17)23(26)27/h6-10,15H,11H2,1-5H3,(H,22,25)/t15-/m1/s1. The van der Waals surface area contributed by atoms with E-state index >= 15 is 0 Å². The molecule has 0 radical (unpaired) electrons. The highest BCUT2D eigenvalue weighted by Crippen LogP contribution is 2.29. The van der Waals surface area contributed by atoms with Crippen LogP contribution >= 0.6 is 0 Å². The molecule has 1 N–H and O–H groups in total. The Morgan fingerprint density at radius 1 is 1.13 bits per heavy atom. The highest BCUT2D eigenvalue weighted by Gasteiger charge is 2.23. The van der Waals surface area contributed by atoms with Crippen LogP contribution in [0, 0.1) is 30.9 Å². The fourth-order valence-corrected chi connectivity index (χ4v) is 2.94. The molecular formula is C21H24N2O7. The van der Waals surface area contributed by atoms with E-state index < -0.39 is 22.9 Å². The van der Waals surface area contributed by atoms with Crippen molar-refractivity contribution in [2.24, 2.45) is 0 Å². The first kappa shape index (κ1) is 22.7. The van der Waals surface area contributed by atoms with Gasteiger partial charge in [0.2, 0.25) is 0 Å². The van der Waals surface area contributed by atoms with Gasteiger partial charge >= 0.3 is 5.97 Å². The number of anilines is 1. The normalized spacial score (nSPS) is 11.4. The zero-order chi connectivity index (χ0) is 22.4. The van der Waals surface area contributed by atoms with E-state index in [4.69, 9.17) is 14.2 Å². The van der Waals surface area contributed by atoms with Crippen molar-refractivity contribution in [1.82, 2.24) is 0 Å². The lowest BCUT2D eigenvalue weighted by molar-refractivity contribution is -0.384. The first-order valence-electron chi connectivity index (χ1n) is 9.15. The molecule has 2 aromatic carbocycles. The van der Waals surface area contributed by atoms with E-state index in [2.05, 4.69) is 5.32 Å². The van der Waals surface area contributed by atoms with Crippen molar-refractivity contribution in [3.8, 4) is 11.5 Å². The molecule has 2 rings (SSSR count). The van der Waals surface area contributed by atoms with E-state index in [1.807, 2.05) is 32.9 Å². The topological polar surface area (TPSA) is 117 Å². The van der Waals surface area contributed by atoms with Crippen molar-refractivity contribution >= 4 is 23.3 Å². The van der Waals surface area contributed by atoms with Gasteiger partial charge in [0.05, 0.1) is 18.1 Å². The highest BCUT2D eigenvalue weighted by atomic mass is 16.6. The SMILES string of the molecule is COc1ccc(NC(=O)[C@@H](C)OC(=O)COc2c(C)cc(C)cc2C)c([N+](=O)[O-])c1. The van der Waals surface area contributed by atoms with Crippen molar-refractivity contribution in [2.75, 3.05) is 19.0 Å². The lowest BCUT2D eigenvalue weighted by Gasteiger charge is -2.16. The van der Waals surface area contributed by atoms with Crippen molar-refractivity contribution in [2.45, 2.75) is 33.8 Å². The van der Waals surface area contributed by atoms with Gasteiger partial charge in [-0.1, -0.05) is 17.7 Å². The van der Waals surface area contributed by atoms with Crippen molar-refractivity contribution in [1.29, 1.82) is 0 Å². The predicted molar refractivity (Wildman–Crippen MR) is 110 cm³/mol. The molecule has 9 nitrogen and oxygen atoms in total. The lowest BCUT2D eigenvalue weighted by atomic mass is 10.1. The largest absolute Gasteiger partial charge is 0.496 e. The van der Waals surface area contributed by atoms with Gasteiger partial charge in [-0.2, -0.15) is 0 Å². The quantitative estimate of drug-likeness (QED) is 0.398. The zero-order valence-electron chi connectivity index (χ0n) is 17.5. The fraction of sp³-hybridized carbons (Fsp3) is 0.333. The Balaban J connectivity index is 1.98. The molecule has 30 heavy (non-hydrogen) atoms. The van der Waals surface area contributed by atoms with Crippen LogP contribution in [0.5, 0.6) is 11.5 Å². The number of nitrogens with zero attached hydrogens (tertiary/aromatic N) is 1. The minimum atomic E-state index is -1.18. The van der Waals surface area contributed by atoms with Gasteiger partial charge in [0.25, 0.3) is 11.6 Å². The van der Waals surface area contributed by atoms with Crippen molar-refractivity contribution < 1.29 is 28.7 Å². The molecule has 0 unspecified atom stereocenters. The maximum Gasteiger partial charge on any atom is 0.344 e. The summed E-state index contributed by atoms with van der Waals surface area (Å²) < 4.78 is 15.6. The van der Waals surface area contributed by atoms with E-state index in [0.29, 0.717) is 5.75 Å². The Kier molecular flexibility index (Phi) is 7.35. The fourth-order valence-electron chi connectivity index (χ4n) is 2.94. The van der Waals surface area contributed by atoms with E-state index in [1.165, 1.54) is 32.2 Å². The summed E-state index contributed by atoms with van der Waals surface area (Å²) in [4.78, 5) is 35.0. The predicted octanol–water partition coefficient (Wildman–Crippen LogP) is 3.48. The van der Waals surface area contributed by atoms with Gasteiger partial charge in [0.1, 0.15) is 17.2 Å². The van der Waals surface area contributed by atoms with Crippen LogP contribution in [-0.4, -0.2) is 36.6 Å². The average Bonchev–Trinajstić information content (AvgIpc) is 2.67. The first-order chi connectivity index (χ1) is 14.1. The van der Waals surface area contributed by atoms with E-state index in [0.717, 1.165) is 16.7 Å². The Morgan fingerprint density at radius 2 is 1.77 bits per heavy atom. The second kappa shape index (κ2) is 9.73. The molecule has 0 aliphatic carbocycles. The third-order valence-corrected chi connectivity index (χ3v) is 4.28. The first-order valence-corrected chi connectivity index (χ1v) is 9.15. The minimum absolute atomic E-state index is 0.0316. The van der Waals surface area contributed by atoms with Crippen LogP contribution in [0.25, 0.3) is 0 Å². The number of hydrogen-bond donors (Lipinski definition) is 1. The Morgan fingerprint density at radius 3 is 2.33 bits per heavy atom. The van der Waals surface area contributed by atoms with Crippen molar-refractivity contribution in [3.63, 3.8) is 0 Å². The second-order valence-corrected chi connectivity index (χ2v) is 6.78. The van der Waals surface area contributed by atoms with Gasteiger partial charge < -0.3 is 19.5 Å². The number of benzene rings is 2. The number of carbonyl (C=O) groups is 2. The summed E-state index contributed by atoms with van der Waals surface area (Å²) in [6.07, 6.45) is -1.18. The Labute approximate surface area is 174 Å². The van der Waals surface area contributed by atoms with E-state index in [1.54, 1.807) is 0 Å².